The predicted molar refractivity (Wildman–Crippen MR) is 81.0 cm³/mol. The van der Waals surface area contributed by atoms with Crippen molar-refractivity contribution in [2.45, 2.75) is 19.5 Å². The van der Waals surface area contributed by atoms with Crippen LogP contribution in [0.15, 0.2) is 10.5 Å². The van der Waals surface area contributed by atoms with Gasteiger partial charge in [-0.2, -0.15) is 0 Å². The first kappa shape index (κ1) is 15.3. The van der Waals surface area contributed by atoms with Crippen LogP contribution in [0.25, 0.3) is 0 Å². The molecule has 1 N–H and O–H groups in total. The summed E-state index contributed by atoms with van der Waals surface area (Å²) in [5.41, 5.74) is 0. The first-order chi connectivity index (χ1) is 8.97. The summed E-state index contributed by atoms with van der Waals surface area (Å²) in [6.07, 6.45) is 0. The van der Waals surface area contributed by atoms with Gasteiger partial charge in [0, 0.05) is 42.1 Å². The van der Waals surface area contributed by atoms with Crippen molar-refractivity contribution >= 4 is 44.8 Å². The molecule has 0 radical (unpaired) electrons. The molecule has 1 fully saturated rings. The topological polar surface area (TPSA) is 43.8 Å². The predicted octanol–water partition coefficient (Wildman–Crippen LogP) is 2.75. The van der Waals surface area contributed by atoms with Gasteiger partial charge in [0.05, 0.1) is 0 Å². The Morgan fingerprint density at radius 2 is 2.16 bits per heavy atom. The molecule has 7 heteroatoms. The van der Waals surface area contributed by atoms with E-state index < -0.39 is 12.0 Å². The maximum Gasteiger partial charge on any atom is 0.320 e. The van der Waals surface area contributed by atoms with Gasteiger partial charge >= 0.3 is 5.97 Å². The van der Waals surface area contributed by atoms with Crippen LogP contribution in [-0.4, -0.2) is 53.1 Å². The van der Waals surface area contributed by atoms with Crippen LogP contribution in [0.1, 0.15) is 11.8 Å². The lowest BCUT2D eigenvalue weighted by atomic mass is 10.2. The van der Waals surface area contributed by atoms with E-state index in [1.54, 1.807) is 18.3 Å². The molecule has 0 spiro atoms. The lowest BCUT2D eigenvalue weighted by molar-refractivity contribution is -0.143. The highest BCUT2D eigenvalue weighted by atomic mass is 79.9. The van der Waals surface area contributed by atoms with Crippen molar-refractivity contribution in [3.8, 4) is 0 Å². The van der Waals surface area contributed by atoms with Crippen molar-refractivity contribution in [2.24, 2.45) is 0 Å². The van der Waals surface area contributed by atoms with Gasteiger partial charge in [-0.15, -0.1) is 11.3 Å². The molecule has 19 heavy (non-hydrogen) atoms. The Morgan fingerprint density at radius 1 is 1.53 bits per heavy atom. The molecule has 0 saturated carbocycles. The number of carbonyl (C=O) groups is 1. The second-order valence-electron chi connectivity index (χ2n) is 4.66. The highest BCUT2D eigenvalue weighted by Gasteiger charge is 2.25. The molecule has 1 aromatic rings. The van der Waals surface area contributed by atoms with Crippen molar-refractivity contribution in [1.82, 2.24) is 9.80 Å². The second kappa shape index (κ2) is 6.54. The van der Waals surface area contributed by atoms with E-state index in [4.69, 9.17) is 16.7 Å². The van der Waals surface area contributed by atoms with E-state index >= 15 is 0 Å². The molecule has 0 bridgehead atoms. The van der Waals surface area contributed by atoms with Crippen LogP contribution in [0.5, 0.6) is 0 Å². The van der Waals surface area contributed by atoms with Gasteiger partial charge in [-0.1, -0.05) is 11.6 Å². The van der Waals surface area contributed by atoms with Gasteiger partial charge in [-0.05, 0) is 28.9 Å². The summed E-state index contributed by atoms with van der Waals surface area (Å²) in [5, 5.41) is 9.00. The summed E-state index contributed by atoms with van der Waals surface area (Å²) in [4.78, 5) is 16.5. The lowest BCUT2D eigenvalue weighted by Gasteiger charge is -2.36. The van der Waals surface area contributed by atoms with Gasteiger partial charge in [-0.25, -0.2) is 0 Å². The van der Waals surface area contributed by atoms with Crippen LogP contribution >= 0.6 is 38.9 Å². The molecule has 106 valence electrons. The number of rotatable bonds is 4. The Labute approximate surface area is 130 Å². The molecule has 1 aliphatic rings. The Hall–Kier alpha value is -0.140. The minimum Gasteiger partial charge on any atom is -0.480 e. The largest absolute Gasteiger partial charge is 0.480 e. The van der Waals surface area contributed by atoms with Gasteiger partial charge in [0.15, 0.2) is 0 Å². The summed E-state index contributed by atoms with van der Waals surface area (Å²) < 4.78 is 1.74. The van der Waals surface area contributed by atoms with Crippen molar-refractivity contribution < 1.29 is 9.90 Å². The average Bonchev–Trinajstić information content (AvgIpc) is 2.68. The minimum absolute atomic E-state index is 0.396. The molecule has 2 heterocycles. The Bertz CT molecular complexity index is 441. The summed E-state index contributed by atoms with van der Waals surface area (Å²) in [5.74, 6) is -0.748. The number of hydrogen-bond donors (Lipinski definition) is 1. The first-order valence-corrected chi connectivity index (χ1v) is 8.09. The van der Waals surface area contributed by atoms with E-state index in [0.29, 0.717) is 0 Å². The van der Waals surface area contributed by atoms with Gasteiger partial charge in [-0.3, -0.25) is 14.6 Å². The fourth-order valence-electron chi connectivity index (χ4n) is 2.15. The summed E-state index contributed by atoms with van der Waals surface area (Å²) in [6, 6.07) is 1.66. The molecule has 1 atom stereocenters. The van der Waals surface area contributed by atoms with Gasteiger partial charge < -0.3 is 5.11 Å². The summed E-state index contributed by atoms with van der Waals surface area (Å²) in [7, 11) is 0. The quantitative estimate of drug-likeness (QED) is 0.889. The van der Waals surface area contributed by atoms with Crippen LogP contribution in [0.3, 0.4) is 0 Å². The van der Waals surface area contributed by atoms with Crippen LogP contribution in [0, 0.1) is 0 Å². The SMILES string of the molecule is CC(C(=O)O)N1CCN(Cc2cc(Br)c(Cl)s2)CC1. The van der Waals surface area contributed by atoms with E-state index in [9.17, 15) is 4.79 Å². The zero-order valence-electron chi connectivity index (χ0n) is 10.6. The third kappa shape index (κ3) is 3.92. The number of halogens is 2. The van der Waals surface area contributed by atoms with Crippen LogP contribution in [0.4, 0.5) is 0 Å². The fraction of sp³-hybridized carbons (Fsp3) is 0.583. The van der Waals surface area contributed by atoms with Crippen molar-refractivity contribution in [3.05, 3.63) is 19.8 Å². The molecule has 0 aromatic carbocycles. The van der Waals surface area contributed by atoms with E-state index in [2.05, 4.69) is 26.9 Å². The van der Waals surface area contributed by atoms with Crippen LogP contribution in [0.2, 0.25) is 4.34 Å². The summed E-state index contributed by atoms with van der Waals surface area (Å²) >= 11 is 11.0. The molecular weight excluding hydrogens is 352 g/mol. The normalized spacial score (nSPS) is 19.5. The molecule has 2 rings (SSSR count). The van der Waals surface area contributed by atoms with Gasteiger partial charge in [0.1, 0.15) is 10.4 Å². The zero-order valence-corrected chi connectivity index (χ0v) is 13.8. The number of carboxylic acids is 1. The number of hydrogen-bond acceptors (Lipinski definition) is 4. The van der Waals surface area contributed by atoms with Gasteiger partial charge in [0.25, 0.3) is 0 Å². The van der Waals surface area contributed by atoms with E-state index in [-0.39, 0.29) is 0 Å². The number of carboxylic acid groups (broad SMARTS) is 1. The average molecular weight is 368 g/mol. The molecule has 0 amide bonds. The maximum absolute atomic E-state index is 10.9. The standard InChI is InChI=1S/C12H16BrClN2O2S/c1-8(12(17)18)16-4-2-15(3-5-16)7-9-6-10(13)11(14)19-9/h6,8H,2-5,7H2,1H3,(H,17,18). The molecule has 4 nitrogen and oxygen atoms in total. The summed E-state index contributed by atoms with van der Waals surface area (Å²) in [6.45, 7) is 6.01. The van der Waals surface area contributed by atoms with Crippen LogP contribution in [-0.2, 0) is 11.3 Å². The highest BCUT2D eigenvalue weighted by Crippen LogP contribution is 2.32. The number of nitrogens with zero attached hydrogens (tertiary/aromatic N) is 2. The molecule has 1 saturated heterocycles. The van der Waals surface area contributed by atoms with E-state index in [0.717, 1.165) is 41.5 Å². The molecule has 1 aromatic heterocycles. The third-order valence-electron chi connectivity index (χ3n) is 3.39. The number of piperazine rings is 1. The Morgan fingerprint density at radius 3 is 2.63 bits per heavy atom. The monoisotopic (exact) mass is 366 g/mol. The van der Waals surface area contributed by atoms with Gasteiger partial charge in [0.2, 0.25) is 0 Å². The second-order valence-corrected chi connectivity index (χ2v) is 7.25. The maximum atomic E-state index is 10.9. The number of aliphatic carboxylic acids is 1. The van der Waals surface area contributed by atoms with Crippen molar-refractivity contribution in [3.63, 3.8) is 0 Å². The number of thiophene rings is 1. The van der Waals surface area contributed by atoms with Crippen molar-refractivity contribution in [1.29, 1.82) is 0 Å². The lowest BCUT2D eigenvalue weighted by Crippen LogP contribution is -2.51. The fourth-order valence-corrected chi connectivity index (χ4v) is 3.99. The molecule has 0 aliphatic carbocycles. The molecule has 1 aliphatic heterocycles. The van der Waals surface area contributed by atoms with Crippen LogP contribution < -0.4 is 0 Å². The molecular formula is C12H16BrClN2O2S. The smallest absolute Gasteiger partial charge is 0.320 e. The Balaban J connectivity index is 1.85. The van der Waals surface area contributed by atoms with E-state index in [1.807, 2.05) is 4.90 Å². The van der Waals surface area contributed by atoms with E-state index in [1.165, 1.54) is 4.88 Å². The highest BCUT2D eigenvalue weighted by molar-refractivity contribution is 9.10. The van der Waals surface area contributed by atoms with Crippen molar-refractivity contribution in [2.75, 3.05) is 26.2 Å². The third-order valence-corrected chi connectivity index (χ3v) is 5.85. The Kier molecular flexibility index (Phi) is 5.25. The first-order valence-electron chi connectivity index (χ1n) is 6.10. The zero-order chi connectivity index (χ0) is 14.0. The molecule has 1 unspecified atom stereocenters. The minimum atomic E-state index is -0.748.